The first-order chi connectivity index (χ1) is 21.8. The van der Waals surface area contributed by atoms with E-state index in [2.05, 4.69) is 10.1 Å². The Morgan fingerprint density at radius 2 is 1.62 bits per heavy atom. The summed E-state index contributed by atoms with van der Waals surface area (Å²) in [5.74, 6) is 0.971. The smallest absolute Gasteiger partial charge is 0.343 e. The topological polar surface area (TPSA) is 110 Å². The van der Waals surface area contributed by atoms with Gasteiger partial charge in [-0.15, -0.1) is 0 Å². The second kappa shape index (κ2) is 13.7. The molecule has 0 amide bonds. The van der Waals surface area contributed by atoms with Crippen molar-refractivity contribution < 1.29 is 28.5 Å². The highest BCUT2D eigenvalue weighted by Gasteiger charge is 2.20. The van der Waals surface area contributed by atoms with Gasteiger partial charge in [0.15, 0.2) is 28.8 Å². The van der Waals surface area contributed by atoms with E-state index >= 15 is 0 Å². The first-order valence-corrected chi connectivity index (χ1v) is 14.3. The fourth-order valence-corrected chi connectivity index (χ4v) is 5.01. The quantitative estimate of drug-likeness (QED) is 0.0915. The van der Waals surface area contributed by atoms with Crippen LogP contribution < -0.4 is 29.2 Å². The number of ether oxygens (including phenoxy) is 5. The van der Waals surface area contributed by atoms with Crippen molar-refractivity contribution in [1.29, 1.82) is 0 Å². The molecule has 0 saturated heterocycles. The van der Waals surface area contributed by atoms with Gasteiger partial charge < -0.3 is 23.7 Å². The average molecular weight is 648 g/mol. The molecule has 0 aliphatic carbocycles. The number of methoxy groups -OCH3 is 3. The van der Waals surface area contributed by atoms with Crippen LogP contribution in [0.3, 0.4) is 0 Å². The largest absolute Gasteiger partial charge is 0.493 e. The van der Waals surface area contributed by atoms with E-state index < -0.39 is 11.5 Å². The van der Waals surface area contributed by atoms with Crippen LogP contribution in [0.5, 0.6) is 28.7 Å². The average Bonchev–Trinajstić information content (AvgIpc) is 3.04. The fourth-order valence-electron chi connectivity index (χ4n) is 4.52. The van der Waals surface area contributed by atoms with Crippen LogP contribution in [0.1, 0.15) is 22.8 Å². The van der Waals surface area contributed by atoms with E-state index in [-0.39, 0.29) is 22.9 Å². The van der Waals surface area contributed by atoms with Gasteiger partial charge in [-0.25, -0.2) is 9.78 Å². The minimum atomic E-state index is -0.671. The summed E-state index contributed by atoms with van der Waals surface area (Å²) in [5, 5.41) is 5.62. The molecule has 0 spiro atoms. The van der Waals surface area contributed by atoms with Gasteiger partial charge in [0.25, 0.3) is 5.56 Å². The molecule has 0 bridgehead atoms. The summed E-state index contributed by atoms with van der Waals surface area (Å²) in [6, 6.07) is 19.7. The molecule has 4 aromatic carbocycles. The number of hydrogen-bond donors (Lipinski definition) is 0. The van der Waals surface area contributed by atoms with Crippen molar-refractivity contribution in [3.63, 3.8) is 0 Å². The van der Waals surface area contributed by atoms with Gasteiger partial charge in [0, 0.05) is 10.6 Å². The lowest BCUT2D eigenvalue weighted by Gasteiger charge is -2.15. The Kier molecular flexibility index (Phi) is 9.56. The van der Waals surface area contributed by atoms with Gasteiger partial charge in [-0.05, 0) is 73.2 Å². The Morgan fingerprint density at radius 3 is 2.29 bits per heavy atom. The SMILES string of the molecule is CCOc1cc(C=Nn2c(-c3ccc(Cl)cc3Cl)nc3ccccc3c2=O)ccc1OC(=O)c1cc(OC)c(OC)c(OC)c1. The van der Waals surface area contributed by atoms with E-state index in [0.29, 0.717) is 55.9 Å². The van der Waals surface area contributed by atoms with Crippen LogP contribution in [0, 0.1) is 0 Å². The molecule has 0 aliphatic rings. The second-order valence-electron chi connectivity index (χ2n) is 9.38. The molecule has 230 valence electrons. The van der Waals surface area contributed by atoms with Crippen molar-refractivity contribution >= 4 is 46.3 Å². The first-order valence-electron chi connectivity index (χ1n) is 13.6. The number of hydrogen-bond acceptors (Lipinski definition) is 9. The maximum Gasteiger partial charge on any atom is 0.343 e. The number of nitrogens with zero attached hydrogens (tertiary/aromatic N) is 3. The highest BCUT2D eigenvalue weighted by atomic mass is 35.5. The molecule has 0 saturated carbocycles. The van der Waals surface area contributed by atoms with Gasteiger partial charge in [0.05, 0.1) is 55.6 Å². The third-order valence-electron chi connectivity index (χ3n) is 6.62. The van der Waals surface area contributed by atoms with Crippen LogP contribution in [0.25, 0.3) is 22.3 Å². The molecule has 45 heavy (non-hydrogen) atoms. The van der Waals surface area contributed by atoms with Gasteiger partial charge in [-0.1, -0.05) is 35.3 Å². The number of fused-ring (bicyclic) bond motifs is 1. The third-order valence-corrected chi connectivity index (χ3v) is 7.17. The molecule has 12 heteroatoms. The van der Waals surface area contributed by atoms with E-state index in [1.54, 1.807) is 67.6 Å². The number of esters is 1. The Morgan fingerprint density at radius 1 is 0.889 bits per heavy atom. The Labute approximate surface area is 268 Å². The molecule has 5 rings (SSSR count). The molecule has 5 aromatic rings. The maximum absolute atomic E-state index is 13.6. The van der Waals surface area contributed by atoms with E-state index in [1.807, 2.05) is 0 Å². The monoisotopic (exact) mass is 647 g/mol. The summed E-state index contributed by atoms with van der Waals surface area (Å²) in [7, 11) is 4.38. The van der Waals surface area contributed by atoms with E-state index in [4.69, 9.17) is 46.9 Å². The summed E-state index contributed by atoms with van der Waals surface area (Å²) in [4.78, 5) is 31.4. The fraction of sp³-hybridized carbons (Fsp3) is 0.152. The lowest BCUT2D eigenvalue weighted by Crippen LogP contribution is -2.20. The normalized spacial score (nSPS) is 11.1. The second-order valence-corrected chi connectivity index (χ2v) is 10.2. The molecule has 10 nitrogen and oxygen atoms in total. The molecule has 1 aromatic heterocycles. The van der Waals surface area contributed by atoms with Crippen LogP contribution in [0.4, 0.5) is 0 Å². The van der Waals surface area contributed by atoms with Gasteiger partial charge in [0.2, 0.25) is 5.75 Å². The zero-order chi connectivity index (χ0) is 32.1. The number of carbonyl (C=O) groups excluding carboxylic acids is 1. The van der Waals surface area contributed by atoms with Gasteiger partial charge >= 0.3 is 5.97 Å². The summed E-state index contributed by atoms with van der Waals surface area (Å²) in [5.41, 5.74) is 1.31. The van der Waals surface area contributed by atoms with Crippen molar-refractivity contribution in [3.05, 3.63) is 104 Å². The number of rotatable bonds is 10. The van der Waals surface area contributed by atoms with Gasteiger partial charge in [0.1, 0.15) is 0 Å². The Balaban J connectivity index is 1.51. The Hall–Kier alpha value is -5.06. The van der Waals surface area contributed by atoms with Crippen LogP contribution in [-0.4, -0.2) is 49.8 Å². The van der Waals surface area contributed by atoms with Crippen molar-refractivity contribution in [2.75, 3.05) is 27.9 Å². The predicted octanol–water partition coefficient (Wildman–Crippen LogP) is 6.90. The molecule has 0 N–H and O–H groups in total. The highest BCUT2D eigenvalue weighted by molar-refractivity contribution is 6.36. The number of aromatic nitrogens is 2. The van der Waals surface area contributed by atoms with Crippen molar-refractivity contribution in [2.24, 2.45) is 5.10 Å². The summed E-state index contributed by atoms with van der Waals surface area (Å²) < 4.78 is 28.7. The van der Waals surface area contributed by atoms with Crippen molar-refractivity contribution in [2.45, 2.75) is 6.92 Å². The van der Waals surface area contributed by atoms with Crippen LogP contribution in [0.2, 0.25) is 10.0 Å². The molecule has 1 heterocycles. The van der Waals surface area contributed by atoms with Gasteiger partial charge in [-0.2, -0.15) is 9.78 Å². The summed E-state index contributed by atoms with van der Waals surface area (Å²) in [6.45, 7) is 2.09. The number of benzene rings is 4. The molecular formula is C33H27Cl2N3O7. The molecule has 0 aliphatic heterocycles. The van der Waals surface area contributed by atoms with Gasteiger partial charge in [-0.3, -0.25) is 4.79 Å². The maximum atomic E-state index is 13.6. The standard InChI is InChI=1S/C33H27Cl2N3O7/c1-5-44-27-14-19(10-13-26(27)45-33(40)20-15-28(41-2)30(43-4)29(16-20)42-3)18-36-38-31(22-12-11-21(34)17-24(22)35)37-25-9-7-6-8-23(25)32(38)39/h6-18H,5H2,1-4H3. The third kappa shape index (κ3) is 6.57. The molecule has 0 unspecified atom stereocenters. The van der Waals surface area contributed by atoms with E-state index in [9.17, 15) is 9.59 Å². The highest BCUT2D eigenvalue weighted by Crippen LogP contribution is 2.39. The molecular weight excluding hydrogens is 621 g/mol. The Bertz CT molecular complexity index is 1970. The van der Waals surface area contributed by atoms with E-state index in [1.165, 1.54) is 44.4 Å². The minimum absolute atomic E-state index is 0.172. The summed E-state index contributed by atoms with van der Waals surface area (Å²) >= 11 is 12.6. The summed E-state index contributed by atoms with van der Waals surface area (Å²) in [6.07, 6.45) is 1.47. The van der Waals surface area contributed by atoms with Crippen LogP contribution >= 0.6 is 23.2 Å². The minimum Gasteiger partial charge on any atom is -0.493 e. The van der Waals surface area contributed by atoms with E-state index in [0.717, 1.165) is 0 Å². The van der Waals surface area contributed by atoms with Crippen molar-refractivity contribution in [1.82, 2.24) is 9.66 Å². The molecule has 0 atom stereocenters. The number of carbonyl (C=O) groups is 1. The predicted molar refractivity (Wildman–Crippen MR) is 173 cm³/mol. The number of para-hydroxylation sites is 1. The lowest BCUT2D eigenvalue weighted by molar-refractivity contribution is 0.0727. The molecule has 0 fully saturated rings. The zero-order valence-electron chi connectivity index (χ0n) is 24.7. The van der Waals surface area contributed by atoms with Crippen molar-refractivity contribution in [3.8, 4) is 40.1 Å². The molecule has 0 radical (unpaired) electrons. The zero-order valence-corrected chi connectivity index (χ0v) is 26.2. The van der Waals surface area contributed by atoms with Crippen LogP contribution in [0.15, 0.2) is 82.7 Å². The van der Waals surface area contributed by atoms with Crippen LogP contribution in [-0.2, 0) is 0 Å². The lowest BCUT2D eigenvalue weighted by atomic mass is 10.1. The number of halogens is 2. The first kappa shape index (κ1) is 31.4.